The van der Waals surface area contributed by atoms with E-state index in [0.29, 0.717) is 11.6 Å². The van der Waals surface area contributed by atoms with E-state index < -0.39 is 0 Å². The Morgan fingerprint density at radius 3 is 2.54 bits per heavy atom. The average Bonchev–Trinajstić information content (AvgIpc) is 3.04. The normalized spacial score (nSPS) is 23.9. The standard InChI is InChI=1S/C26H29ClN4O3S/c1-13-9-14(27)10-17(22(13)34-15-5-7-28-8-6-15)21-23-18(29-30(21)4)11-16(35-23)12-31-24(32)19-20(25(31)33)26(19,2)3/h9-11,15,19-20,28H,5-8,12H2,1-4H3. The van der Waals surface area contributed by atoms with Crippen LogP contribution >= 0.6 is 22.9 Å². The Hall–Kier alpha value is -2.42. The predicted octanol–water partition coefficient (Wildman–Crippen LogP) is 4.54. The van der Waals surface area contributed by atoms with E-state index in [0.717, 1.165) is 63.6 Å². The topological polar surface area (TPSA) is 76.5 Å². The van der Waals surface area contributed by atoms with Crippen molar-refractivity contribution >= 4 is 45.0 Å². The fraction of sp³-hybridized carbons (Fsp3) is 0.500. The van der Waals surface area contributed by atoms with E-state index in [1.54, 1.807) is 11.3 Å². The second-order valence-corrected chi connectivity index (χ2v) is 12.2. The molecule has 0 spiro atoms. The van der Waals surface area contributed by atoms with E-state index in [1.807, 2.05) is 50.7 Å². The number of imide groups is 1. The molecule has 2 amide bonds. The number of hydrogen-bond donors (Lipinski definition) is 1. The number of nitrogens with one attached hydrogen (secondary N) is 1. The van der Waals surface area contributed by atoms with E-state index in [4.69, 9.17) is 21.4 Å². The van der Waals surface area contributed by atoms with Crippen LogP contribution in [0.3, 0.4) is 0 Å². The van der Waals surface area contributed by atoms with Gasteiger partial charge in [0, 0.05) is 22.5 Å². The number of nitrogens with zero attached hydrogens (tertiary/aromatic N) is 3. The lowest BCUT2D eigenvalue weighted by molar-refractivity contribution is -0.143. The van der Waals surface area contributed by atoms with Gasteiger partial charge in [-0.3, -0.25) is 19.2 Å². The monoisotopic (exact) mass is 512 g/mol. The molecule has 9 heteroatoms. The van der Waals surface area contributed by atoms with Crippen molar-refractivity contribution in [3.05, 3.63) is 33.7 Å². The van der Waals surface area contributed by atoms with Crippen molar-refractivity contribution in [2.45, 2.75) is 46.3 Å². The lowest BCUT2D eigenvalue weighted by atomic mass is 10.0. The molecule has 3 fully saturated rings. The molecule has 0 bridgehead atoms. The van der Waals surface area contributed by atoms with Crippen molar-refractivity contribution in [3.63, 3.8) is 0 Å². The highest BCUT2D eigenvalue weighted by Gasteiger charge is 2.72. The molecule has 2 aromatic heterocycles. The fourth-order valence-electron chi connectivity index (χ4n) is 5.87. The number of thiophene rings is 1. The molecule has 1 aromatic carbocycles. The molecule has 2 unspecified atom stereocenters. The second-order valence-electron chi connectivity index (χ2n) is 10.6. The minimum absolute atomic E-state index is 0.0417. The summed E-state index contributed by atoms with van der Waals surface area (Å²) < 4.78 is 9.42. The Morgan fingerprint density at radius 2 is 1.86 bits per heavy atom. The first-order chi connectivity index (χ1) is 16.7. The lowest BCUT2D eigenvalue weighted by Crippen LogP contribution is -2.35. The third-order valence-corrected chi connectivity index (χ3v) is 9.16. The van der Waals surface area contributed by atoms with Gasteiger partial charge in [-0.05, 0) is 62.0 Å². The molecule has 2 aliphatic heterocycles. The summed E-state index contributed by atoms with van der Waals surface area (Å²) in [6, 6.07) is 5.88. The Bertz CT molecular complexity index is 1350. The molecule has 3 aromatic rings. The number of carbonyl (C=O) groups is 2. The molecule has 2 saturated heterocycles. The summed E-state index contributed by atoms with van der Waals surface area (Å²) in [5.41, 5.74) is 3.50. The molecule has 35 heavy (non-hydrogen) atoms. The van der Waals surface area contributed by atoms with Crippen LogP contribution in [0.5, 0.6) is 5.75 Å². The van der Waals surface area contributed by atoms with Gasteiger partial charge in [0.05, 0.1) is 28.8 Å². The van der Waals surface area contributed by atoms with Gasteiger partial charge in [0.2, 0.25) is 11.8 Å². The van der Waals surface area contributed by atoms with Crippen LogP contribution in [0, 0.1) is 24.2 Å². The van der Waals surface area contributed by atoms with Crippen molar-refractivity contribution in [3.8, 4) is 17.0 Å². The molecule has 1 saturated carbocycles. The van der Waals surface area contributed by atoms with Crippen LogP contribution in [0.1, 0.15) is 37.1 Å². The molecule has 1 aliphatic carbocycles. The minimum atomic E-state index is -0.198. The van der Waals surface area contributed by atoms with E-state index in [9.17, 15) is 9.59 Å². The average molecular weight is 513 g/mol. The summed E-state index contributed by atoms with van der Waals surface area (Å²) in [4.78, 5) is 28.1. The number of carbonyl (C=O) groups excluding carboxylic acids is 2. The third kappa shape index (κ3) is 3.60. The van der Waals surface area contributed by atoms with E-state index in [-0.39, 0.29) is 35.2 Å². The number of fused-ring (bicyclic) bond motifs is 2. The Balaban J connectivity index is 1.35. The highest BCUT2D eigenvalue weighted by atomic mass is 35.5. The van der Waals surface area contributed by atoms with Crippen LogP contribution in [0.15, 0.2) is 18.2 Å². The molecule has 0 radical (unpaired) electrons. The van der Waals surface area contributed by atoms with Crippen LogP contribution in [-0.2, 0) is 23.2 Å². The van der Waals surface area contributed by atoms with Crippen molar-refractivity contribution in [1.82, 2.24) is 20.0 Å². The minimum Gasteiger partial charge on any atom is -0.489 e. The third-order valence-electron chi connectivity index (χ3n) is 7.83. The van der Waals surface area contributed by atoms with Crippen molar-refractivity contribution in [2.75, 3.05) is 13.1 Å². The maximum absolute atomic E-state index is 12.8. The molecule has 1 N–H and O–H groups in total. The van der Waals surface area contributed by atoms with Crippen LogP contribution in [-0.4, -0.2) is 45.7 Å². The smallest absolute Gasteiger partial charge is 0.234 e. The number of hydrogen-bond acceptors (Lipinski definition) is 6. The van der Waals surface area contributed by atoms with E-state index >= 15 is 0 Å². The zero-order valence-corrected chi connectivity index (χ0v) is 21.9. The van der Waals surface area contributed by atoms with Crippen LogP contribution in [0.2, 0.25) is 5.02 Å². The molecule has 4 heterocycles. The first-order valence-electron chi connectivity index (χ1n) is 12.2. The van der Waals surface area contributed by atoms with Gasteiger partial charge in [0.1, 0.15) is 17.4 Å². The molecule has 2 atom stereocenters. The second kappa shape index (κ2) is 8.05. The molecule has 6 rings (SSSR count). The molecule has 3 aliphatic rings. The maximum atomic E-state index is 12.8. The molecule has 184 valence electrons. The predicted molar refractivity (Wildman–Crippen MR) is 137 cm³/mol. The Morgan fingerprint density at radius 1 is 1.17 bits per heavy atom. The van der Waals surface area contributed by atoms with Gasteiger partial charge in [-0.1, -0.05) is 25.4 Å². The molecule has 7 nitrogen and oxygen atoms in total. The van der Waals surface area contributed by atoms with Gasteiger partial charge in [0.25, 0.3) is 0 Å². The van der Waals surface area contributed by atoms with Gasteiger partial charge in [0.15, 0.2) is 0 Å². The highest BCUT2D eigenvalue weighted by molar-refractivity contribution is 7.19. The number of halogens is 1. The number of aryl methyl sites for hydroxylation is 2. The summed E-state index contributed by atoms with van der Waals surface area (Å²) in [5.74, 6) is 0.432. The first kappa shape index (κ1) is 23.0. The zero-order valence-electron chi connectivity index (χ0n) is 20.4. The van der Waals surface area contributed by atoms with Gasteiger partial charge >= 0.3 is 0 Å². The number of benzene rings is 1. The number of likely N-dealkylation sites (tertiary alicyclic amines) is 1. The largest absolute Gasteiger partial charge is 0.489 e. The van der Waals surface area contributed by atoms with Crippen molar-refractivity contribution in [1.29, 1.82) is 0 Å². The molecular formula is C26H29ClN4O3S. The first-order valence-corrected chi connectivity index (χ1v) is 13.3. The summed E-state index contributed by atoms with van der Waals surface area (Å²) in [5, 5.41) is 8.78. The van der Waals surface area contributed by atoms with Crippen LogP contribution in [0.25, 0.3) is 21.5 Å². The summed E-state index contributed by atoms with van der Waals surface area (Å²) >= 11 is 8.08. The molecular weight excluding hydrogens is 484 g/mol. The highest BCUT2D eigenvalue weighted by Crippen LogP contribution is 2.63. The zero-order chi connectivity index (χ0) is 24.6. The summed E-state index contributed by atoms with van der Waals surface area (Å²) in [6.07, 6.45) is 2.07. The Kier molecular flexibility index (Phi) is 5.29. The van der Waals surface area contributed by atoms with Gasteiger partial charge in [-0.15, -0.1) is 11.3 Å². The summed E-state index contributed by atoms with van der Waals surface area (Å²) in [6.45, 7) is 8.23. The number of amides is 2. The Labute approximate surface area is 213 Å². The van der Waals surface area contributed by atoms with E-state index in [1.165, 1.54) is 4.90 Å². The van der Waals surface area contributed by atoms with Gasteiger partial charge in [-0.2, -0.15) is 5.10 Å². The lowest BCUT2D eigenvalue weighted by Gasteiger charge is -2.26. The summed E-state index contributed by atoms with van der Waals surface area (Å²) in [7, 11) is 1.93. The fourth-order valence-corrected chi connectivity index (χ4v) is 7.31. The van der Waals surface area contributed by atoms with Crippen molar-refractivity contribution < 1.29 is 14.3 Å². The quantitative estimate of drug-likeness (QED) is 0.508. The number of piperidine rings is 2. The van der Waals surface area contributed by atoms with Gasteiger partial charge < -0.3 is 10.1 Å². The SMILES string of the molecule is Cc1cc(Cl)cc(-c2c3sc(CN4C(=O)C5C(C4=O)C5(C)C)cc3nn2C)c1OC1CCNCC1. The van der Waals surface area contributed by atoms with Crippen molar-refractivity contribution in [2.24, 2.45) is 24.3 Å². The van der Waals surface area contributed by atoms with Crippen LogP contribution in [0.4, 0.5) is 0 Å². The number of ether oxygens (including phenoxy) is 1. The van der Waals surface area contributed by atoms with Gasteiger partial charge in [-0.25, -0.2) is 0 Å². The number of aromatic nitrogens is 2. The van der Waals surface area contributed by atoms with E-state index in [2.05, 4.69) is 5.32 Å². The maximum Gasteiger partial charge on any atom is 0.234 e. The van der Waals surface area contributed by atoms with Crippen LogP contribution < -0.4 is 10.1 Å². The number of rotatable bonds is 5.